The molecule has 6 rings (SSSR count). The van der Waals surface area contributed by atoms with E-state index >= 15 is 0 Å². The van der Waals surface area contributed by atoms with Gasteiger partial charge in [0.15, 0.2) is 11.5 Å². The van der Waals surface area contributed by atoms with Crippen LogP contribution in [0.15, 0.2) is 84.5 Å². The molecule has 3 aromatic carbocycles. The van der Waals surface area contributed by atoms with Crippen LogP contribution in [0.4, 0.5) is 11.5 Å². The molecule has 6 heteroatoms. The van der Waals surface area contributed by atoms with Gasteiger partial charge in [0.1, 0.15) is 30.2 Å². The summed E-state index contributed by atoms with van der Waals surface area (Å²) in [6, 6.07) is 24.9. The van der Waals surface area contributed by atoms with Gasteiger partial charge in [-0.05, 0) is 28.8 Å². The first kappa shape index (κ1) is 18.8. The lowest BCUT2D eigenvalue weighted by Gasteiger charge is -2.19. The van der Waals surface area contributed by atoms with Gasteiger partial charge in [0, 0.05) is 22.7 Å². The van der Waals surface area contributed by atoms with E-state index in [-0.39, 0.29) is 0 Å². The Hall–Kier alpha value is -3.90. The maximum atomic E-state index is 5.72. The summed E-state index contributed by atoms with van der Waals surface area (Å²) in [5, 5.41) is 6.61. The van der Waals surface area contributed by atoms with Crippen LogP contribution in [0.3, 0.4) is 0 Å². The van der Waals surface area contributed by atoms with Crippen LogP contribution in [0.2, 0.25) is 0 Å². The van der Waals surface area contributed by atoms with Crippen molar-refractivity contribution in [1.82, 2.24) is 9.97 Å². The molecule has 5 aromatic rings. The fourth-order valence-corrected chi connectivity index (χ4v) is 4.83. The fraction of sp³-hybridized carbons (Fsp3) is 0.0769. The first-order valence-corrected chi connectivity index (χ1v) is 11.3. The van der Waals surface area contributed by atoms with E-state index in [9.17, 15) is 0 Å². The van der Waals surface area contributed by atoms with Crippen LogP contribution >= 0.6 is 11.3 Å². The number of anilines is 2. The normalized spacial score (nSPS) is 12.6. The number of hydrogen-bond acceptors (Lipinski definition) is 6. The van der Waals surface area contributed by atoms with Crippen molar-refractivity contribution >= 4 is 33.1 Å². The Kier molecular flexibility index (Phi) is 4.70. The first-order chi connectivity index (χ1) is 15.8. The molecular formula is C26H19N3O2S. The third-order valence-corrected chi connectivity index (χ3v) is 6.36. The highest BCUT2D eigenvalue weighted by Gasteiger charge is 2.16. The topological polar surface area (TPSA) is 56.3 Å². The van der Waals surface area contributed by atoms with Crippen molar-refractivity contribution in [2.24, 2.45) is 0 Å². The lowest BCUT2D eigenvalue weighted by Crippen LogP contribution is -2.15. The average molecular weight is 438 g/mol. The highest BCUT2D eigenvalue weighted by Crippen LogP contribution is 2.39. The molecule has 2 aromatic heterocycles. The molecule has 0 bridgehead atoms. The van der Waals surface area contributed by atoms with Crippen molar-refractivity contribution in [3.05, 3.63) is 84.5 Å². The number of thiophene rings is 1. The standard InChI is InChI=1S/C26H19N3O2S/c1-2-4-17(5-3-1)18-6-8-19(9-7-18)21-15-32-26-24(21)25(27-16-28-26)29-20-10-11-22-23(14-20)31-13-12-30-22/h1-11,14-16H,12-13H2,(H,27,28,29). The number of aromatic nitrogens is 2. The number of rotatable bonds is 4. The largest absolute Gasteiger partial charge is 0.486 e. The highest BCUT2D eigenvalue weighted by molar-refractivity contribution is 7.17. The van der Waals surface area contributed by atoms with Crippen LogP contribution in [-0.2, 0) is 0 Å². The predicted octanol–water partition coefficient (Wildman–Crippen LogP) is 6.54. The average Bonchev–Trinajstić information content (AvgIpc) is 3.30. The number of benzene rings is 3. The lowest BCUT2D eigenvalue weighted by molar-refractivity contribution is 0.171. The number of fused-ring (bicyclic) bond motifs is 2. The van der Waals surface area contributed by atoms with Crippen molar-refractivity contribution in [2.75, 3.05) is 18.5 Å². The van der Waals surface area contributed by atoms with Crippen molar-refractivity contribution in [3.63, 3.8) is 0 Å². The third kappa shape index (κ3) is 3.44. The molecule has 1 N–H and O–H groups in total. The summed E-state index contributed by atoms with van der Waals surface area (Å²) in [6.45, 7) is 1.13. The molecule has 1 aliphatic rings. The van der Waals surface area contributed by atoms with Crippen LogP contribution < -0.4 is 14.8 Å². The summed E-state index contributed by atoms with van der Waals surface area (Å²) in [5.74, 6) is 2.29. The molecule has 0 atom stereocenters. The van der Waals surface area contributed by atoms with E-state index in [1.54, 1.807) is 17.7 Å². The van der Waals surface area contributed by atoms with E-state index in [1.807, 2.05) is 24.3 Å². The number of nitrogens with zero attached hydrogens (tertiary/aromatic N) is 2. The van der Waals surface area contributed by atoms with E-state index < -0.39 is 0 Å². The zero-order valence-corrected chi connectivity index (χ0v) is 17.9. The van der Waals surface area contributed by atoms with Gasteiger partial charge in [0.2, 0.25) is 0 Å². The molecule has 0 aliphatic carbocycles. The second-order valence-electron chi connectivity index (χ2n) is 7.48. The molecule has 5 nitrogen and oxygen atoms in total. The van der Waals surface area contributed by atoms with Crippen LogP contribution in [0.1, 0.15) is 0 Å². The first-order valence-electron chi connectivity index (χ1n) is 10.4. The van der Waals surface area contributed by atoms with E-state index in [0.717, 1.165) is 44.3 Å². The van der Waals surface area contributed by atoms with Gasteiger partial charge in [-0.2, -0.15) is 0 Å². The Bertz CT molecular complexity index is 1400. The van der Waals surface area contributed by atoms with Gasteiger partial charge < -0.3 is 14.8 Å². The molecule has 0 radical (unpaired) electrons. The zero-order chi connectivity index (χ0) is 21.3. The molecule has 0 spiro atoms. The molecule has 32 heavy (non-hydrogen) atoms. The number of hydrogen-bond donors (Lipinski definition) is 1. The van der Waals surface area contributed by atoms with Gasteiger partial charge in [-0.3, -0.25) is 0 Å². The van der Waals surface area contributed by atoms with Crippen LogP contribution in [0.25, 0.3) is 32.5 Å². The van der Waals surface area contributed by atoms with E-state index in [4.69, 9.17) is 9.47 Å². The van der Waals surface area contributed by atoms with Crippen molar-refractivity contribution in [3.8, 4) is 33.8 Å². The van der Waals surface area contributed by atoms with Crippen LogP contribution in [0.5, 0.6) is 11.5 Å². The highest BCUT2D eigenvalue weighted by atomic mass is 32.1. The minimum atomic E-state index is 0.557. The molecule has 0 unspecified atom stereocenters. The molecule has 0 amide bonds. The molecular weight excluding hydrogens is 418 g/mol. The summed E-state index contributed by atoms with van der Waals surface area (Å²) in [4.78, 5) is 9.98. The monoisotopic (exact) mass is 437 g/mol. The minimum Gasteiger partial charge on any atom is -0.486 e. The van der Waals surface area contributed by atoms with Crippen molar-refractivity contribution in [2.45, 2.75) is 0 Å². The summed E-state index contributed by atoms with van der Waals surface area (Å²) in [7, 11) is 0. The van der Waals surface area contributed by atoms with Gasteiger partial charge in [-0.15, -0.1) is 11.3 Å². The Morgan fingerprint density at radius 3 is 2.34 bits per heavy atom. The molecule has 0 saturated heterocycles. The third-order valence-electron chi connectivity index (χ3n) is 5.48. The Labute approximate surface area is 189 Å². The van der Waals surface area contributed by atoms with Gasteiger partial charge in [0.05, 0.1) is 5.39 Å². The van der Waals surface area contributed by atoms with Gasteiger partial charge in [-0.25, -0.2) is 9.97 Å². The van der Waals surface area contributed by atoms with Crippen LogP contribution in [-0.4, -0.2) is 23.2 Å². The predicted molar refractivity (Wildman–Crippen MR) is 129 cm³/mol. The molecule has 0 saturated carbocycles. The Morgan fingerprint density at radius 2 is 1.50 bits per heavy atom. The number of ether oxygens (including phenoxy) is 2. The van der Waals surface area contributed by atoms with Crippen molar-refractivity contribution < 1.29 is 9.47 Å². The maximum Gasteiger partial charge on any atom is 0.163 e. The van der Waals surface area contributed by atoms with E-state index in [2.05, 4.69) is 69.2 Å². The summed E-state index contributed by atoms with van der Waals surface area (Å²) >= 11 is 1.62. The molecule has 156 valence electrons. The maximum absolute atomic E-state index is 5.72. The Morgan fingerprint density at radius 1 is 0.750 bits per heavy atom. The second-order valence-corrected chi connectivity index (χ2v) is 8.34. The summed E-state index contributed by atoms with van der Waals surface area (Å²) in [5.41, 5.74) is 5.55. The Balaban J connectivity index is 1.37. The fourth-order valence-electron chi connectivity index (χ4n) is 3.91. The molecule has 3 heterocycles. The van der Waals surface area contributed by atoms with Crippen LogP contribution in [0, 0.1) is 0 Å². The van der Waals surface area contributed by atoms with Crippen molar-refractivity contribution in [1.29, 1.82) is 0 Å². The molecule has 0 fully saturated rings. The quantitative estimate of drug-likeness (QED) is 0.346. The molecule has 1 aliphatic heterocycles. The second kappa shape index (κ2) is 7.98. The summed E-state index contributed by atoms with van der Waals surface area (Å²) < 4.78 is 11.3. The lowest BCUT2D eigenvalue weighted by atomic mass is 10.0. The number of nitrogens with one attached hydrogen (secondary N) is 1. The zero-order valence-electron chi connectivity index (χ0n) is 17.1. The van der Waals surface area contributed by atoms with Gasteiger partial charge in [-0.1, -0.05) is 54.6 Å². The van der Waals surface area contributed by atoms with E-state index in [1.165, 1.54) is 11.1 Å². The van der Waals surface area contributed by atoms with Gasteiger partial charge in [0.25, 0.3) is 0 Å². The summed E-state index contributed by atoms with van der Waals surface area (Å²) in [6.07, 6.45) is 1.60. The minimum absolute atomic E-state index is 0.557. The smallest absolute Gasteiger partial charge is 0.163 e. The van der Waals surface area contributed by atoms with Gasteiger partial charge >= 0.3 is 0 Å². The SMILES string of the molecule is c1ccc(-c2ccc(-c3csc4ncnc(Nc5ccc6c(c5)OCCO6)c34)cc2)cc1. The van der Waals surface area contributed by atoms with E-state index in [0.29, 0.717) is 13.2 Å².